The van der Waals surface area contributed by atoms with Crippen LogP contribution < -0.4 is 11.3 Å². The SMILES string of the molecule is NNC(=O)C1=NC(=O)C2C=CC=CC2=N1. The van der Waals surface area contributed by atoms with E-state index < -0.39 is 17.7 Å². The van der Waals surface area contributed by atoms with Crippen LogP contribution in [0.3, 0.4) is 0 Å². The van der Waals surface area contributed by atoms with Crippen molar-refractivity contribution in [2.45, 2.75) is 0 Å². The number of hydrogen-bond donors (Lipinski definition) is 2. The first-order chi connectivity index (χ1) is 7.22. The maximum absolute atomic E-state index is 11.5. The number of nitrogens with one attached hydrogen (secondary N) is 1. The molecule has 15 heavy (non-hydrogen) atoms. The summed E-state index contributed by atoms with van der Waals surface area (Å²) < 4.78 is 0. The zero-order valence-corrected chi connectivity index (χ0v) is 7.68. The van der Waals surface area contributed by atoms with Crippen molar-refractivity contribution < 1.29 is 9.59 Å². The molecule has 6 heteroatoms. The minimum absolute atomic E-state index is 0.200. The molecular weight excluding hydrogens is 196 g/mol. The van der Waals surface area contributed by atoms with Gasteiger partial charge in [-0.15, -0.1) is 0 Å². The summed E-state index contributed by atoms with van der Waals surface area (Å²) >= 11 is 0. The monoisotopic (exact) mass is 204 g/mol. The van der Waals surface area contributed by atoms with Gasteiger partial charge in [-0.2, -0.15) is 4.99 Å². The largest absolute Gasteiger partial charge is 0.303 e. The van der Waals surface area contributed by atoms with E-state index in [1.807, 2.05) is 5.43 Å². The molecule has 76 valence electrons. The molecule has 1 heterocycles. The fourth-order valence-electron chi connectivity index (χ4n) is 1.33. The summed E-state index contributed by atoms with van der Waals surface area (Å²) in [6, 6.07) is 0. The highest BCUT2D eigenvalue weighted by Crippen LogP contribution is 2.15. The maximum atomic E-state index is 11.5. The van der Waals surface area contributed by atoms with E-state index in [-0.39, 0.29) is 5.84 Å². The smallest absolute Gasteiger partial charge is 0.287 e. The van der Waals surface area contributed by atoms with E-state index in [2.05, 4.69) is 9.98 Å². The molecule has 0 aromatic heterocycles. The number of allylic oxidation sites excluding steroid dienone is 3. The Morgan fingerprint density at radius 1 is 1.40 bits per heavy atom. The van der Waals surface area contributed by atoms with Crippen LogP contribution in [-0.2, 0) is 9.59 Å². The average Bonchev–Trinajstić information content (AvgIpc) is 2.28. The Bertz CT molecular complexity index is 445. The molecule has 1 unspecified atom stereocenters. The molecule has 0 saturated carbocycles. The molecule has 3 N–H and O–H groups in total. The Morgan fingerprint density at radius 3 is 2.93 bits per heavy atom. The van der Waals surface area contributed by atoms with Crippen LogP contribution in [0.5, 0.6) is 0 Å². The highest BCUT2D eigenvalue weighted by atomic mass is 16.2. The van der Waals surface area contributed by atoms with Gasteiger partial charge >= 0.3 is 5.91 Å². The Hall–Kier alpha value is -2.08. The van der Waals surface area contributed by atoms with Crippen molar-refractivity contribution in [2.75, 3.05) is 0 Å². The lowest BCUT2D eigenvalue weighted by atomic mass is 9.96. The molecule has 0 radical (unpaired) electrons. The molecular formula is C9H8N4O2. The first-order valence-corrected chi connectivity index (χ1v) is 4.29. The second-order valence-electron chi connectivity index (χ2n) is 3.01. The van der Waals surface area contributed by atoms with Gasteiger partial charge in [-0.1, -0.05) is 18.2 Å². The summed E-state index contributed by atoms with van der Waals surface area (Å²) in [6.45, 7) is 0. The van der Waals surface area contributed by atoms with E-state index in [4.69, 9.17) is 5.84 Å². The summed E-state index contributed by atoms with van der Waals surface area (Å²) in [5.41, 5.74) is 2.39. The van der Waals surface area contributed by atoms with E-state index in [9.17, 15) is 9.59 Å². The van der Waals surface area contributed by atoms with Gasteiger partial charge in [0.2, 0.25) is 5.84 Å². The molecule has 1 aliphatic heterocycles. The lowest BCUT2D eigenvalue weighted by Gasteiger charge is -2.16. The molecule has 0 fully saturated rings. The minimum atomic E-state index is -0.669. The molecule has 2 amide bonds. The van der Waals surface area contributed by atoms with Gasteiger partial charge in [-0.05, 0) is 6.08 Å². The Kier molecular flexibility index (Phi) is 2.26. The minimum Gasteiger partial charge on any atom is -0.287 e. The lowest BCUT2D eigenvalue weighted by molar-refractivity contribution is -0.119. The summed E-state index contributed by atoms with van der Waals surface area (Å²) in [4.78, 5) is 30.1. The zero-order chi connectivity index (χ0) is 10.8. The summed E-state index contributed by atoms with van der Waals surface area (Å²) in [5, 5.41) is 0. The van der Waals surface area contributed by atoms with Crippen molar-refractivity contribution in [1.29, 1.82) is 0 Å². The van der Waals surface area contributed by atoms with Crippen LogP contribution in [0.25, 0.3) is 0 Å². The average molecular weight is 204 g/mol. The molecule has 2 rings (SSSR count). The number of hydrogen-bond acceptors (Lipinski definition) is 4. The highest BCUT2D eigenvalue weighted by Gasteiger charge is 2.28. The highest BCUT2D eigenvalue weighted by molar-refractivity contribution is 6.44. The van der Waals surface area contributed by atoms with E-state index in [1.165, 1.54) is 0 Å². The quantitative estimate of drug-likeness (QED) is 0.329. The van der Waals surface area contributed by atoms with Crippen molar-refractivity contribution in [1.82, 2.24) is 5.43 Å². The predicted molar refractivity (Wildman–Crippen MR) is 54.0 cm³/mol. The van der Waals surface area contributed by atoms with Crippen LogP contribution in [0.2, 0.25) is 0 Å². The van der Waals surface area contributed by atoms with Crippen LogP contribution in [0.15, 0.2) is 34.3 Å². The third-order valence-electron chi connectivity index (χ3n) is 2.05. The first kappa shape index (κ1) is 9.47. The van der Waals surface area contributed by atoms with Gasteiger partial charge in [0.1, 0.15) is 5.92 Å². The van der Waals surface area contributed by atoms with Gasteiger partial charge in [0.15, 0.2) is 0 Å². The fraction of sp³-hybridized carbons (Fsp3) is 0.111. The van der Waals surface area contributed by atoms with Gasteiger partial charge in [-0.3, -0.25) is 15.0 Å². The maximum Gasteiger partial charge on any atom is 0.303 e. The standard InChI is InChI=1S/C9H8N4O2/c10-13-9(15)7-11-6-4-2-1-3-5(6)8(14)12-7/h1-5H,10H2,(H,13,15). The second-order valence-corrected chi connectivity index (χ2v) is 3.01. The predicted octanol–water partition coefficient (Wildman–Crippen LogP) is -0.902. The fourth-order valence-corrected chi connectivity index (χ4v) is 1.33. The normalized spacial score (nSPS) is 23.0. The number of aliphatic imine (C=N–C) groups is 2. The number of carbonyl (C=O) groups excluding carboxylic acids is 2. The number of fused-ring (bicyclic) bond motifs is 1. The van der Waals surface area contributed by atoms with Gasteiger partial charge < -0.3 is 0 Å². The van der Waals surface area contributed by atoms with Crippen molar-refractivity contribution in [3.8, 4) is 0 Å². The van der Waals surface area contributed by atoms with Crippen molar-refractivity contribution in [2.24, 2.45) is 21.7 Å². The molecule has 1 aliphatic carbocycles. The van der Waals surface area contributed by atoms with Gasteiger partial charge in [0.05, 0.1) is 5.71 Å². The van der Waals surface area contributed by atoms with Crippen LogP contribution in [0, 0.1) is 5.92 Å². The topological polar surface area (TPSA) is 96.9 Å². The van der Waals surface area contributed by atoms with E-state index in [0.29, 0.717) is 5.71 Å². The third-order valence-corrected chi connectivity index (χ3v) is 2.05. The number of hydrazine groups is 1. The van der Waals surface area contributed by atoms with E-state index in [0.717, 1.165) is 0 Å². The van der Waals surface area contributed by atoms with Gasteiger partial charge in [0, 0.05) is 0 Å². The second kappa shape index (κ2) is 3.58. The number of amidine groups is 1. The van der Waals surface area contributed by atoms with Crippen LogP contribution in [0.1, 0.15) is 0 Å². The number of carbonyl (C=O) groups is 2. The van der Waals surface area contributed by atoms with Crippen LogP contribution in [-0.4, -0.2) is 23.4 Å². The van der Waals surface area contributed by atoms with Crippen LogP contribution >= 0.6 is 0 Å². The van der Waals surface area contributed by atoms with Crippen molar-refractivity contribution >= 4 is 23.4 Å². The number of nitrogens with two attached hydrogens (primary N) is 1. The van der Waals surface area contributed by atoms with Gasteiger partial charge in [0.25, 0.3) is 5.91 Å². The Morgan fingerprint density at radius 2 is 2.20 bits per heavy atom. The molecule has 2 aliphatic rings. The molecule has 0 aromatic rings. The molecule has 0 spiro atoms. The lowest BCUT2D eigenvalue weighted by Crippen LogP contribution is -2.39. The number of nitrogens with zero attached hydrogens (tertiary/aromatic N) is 2. The third kappa shape index (κ3) is 1.62. The van der Waals surface area contributed by atoms with Crippen molar-refractivity contribution in [3.63, 3.8) is 0 Å². The number of amides is 2. The van der Waals surface area contributed by atoms with E-state index in [1.54, 1.807) is 24.3 Å². The summed E-state index contributed by atoms with van der Waals surface area (Å²) in [6.07, 6.45) is 6.83. The molecule has 6 nitrogen and oxygen atoms in total. The summed E-state index contributed by atoms with van der Waals surface area (Å²) in [5.74, 6) is 3.18. The Labute approximate surface area is 85.2 Å². The first-order valence-electron chi connectivity index (χ1n) is 4.29. The molecule has 1 atom stereocenters. The van der Waals surface area contributed by atoms with Crippen LogP contribution in [0.4, 0.5) is 0 Å². The molecule has 0 saturated heterocycles. The summed E-state index contributed by atoms with van der Waals surface area (Å²) in [7, 11) is 0. The zero-order valence-electron chi connectivity index (χ0n) is 7.68. The van der Waals surface area contributed by atoms with Gasteiger partial charge in [-0.25, -0.2) is 10.8 Å². The Balaban J connectivity index is 2.37. The van der Waals surface area contributed by atoms with E-state index >= 15 is 0 Å². The number of rotatable bonds is 1. The molecule has 0 aromatic carbocycles. The molecule has 0 bridgehead atoms. The van der Waals surface area contributed by atoms with Crippen molar-refractivity contribution in [3.05, 3.63) is 24.3 Å².